The van der Waals surface area contributed by atoms with Gasteiger partial charge < -0.3 is 0 Å². The molecule has 0 bridgehead atoms. The van der Waals surface area contributed by atoms with Crippen LogP contribution in [0.15, 0.2) is 23.1 Å². The van der Waals surface area contributed by atoms with E-state index in [1.54, 1.807) is 0 Å². The summed E-state index contributed by atoms with van der Waals surface area (Å²) >= 11 is 5.98. The molecule has 19 heavy (non-hydrogen) atoms. The highest BCUT2D eigenvalue weighted by Crippen LogP contribution is 2.27. The van der Waals surface area contributed by atoms with Crippen LogP contribution in [-0.4, -0.2) is 25.8 Å². The molecule has 102 valence electrons. The molecule has 1 heterocycles. The van der Waals surface area contributed by atoms with Crippen molar-refractivity contribution in [2.45, 2.75) is 30.6 Å². The summed E-state index contributed by atoms with van der Waals surface area (Å²) in [5, 5.41) is 9.04. The number of nitrogens with zero attached hydrogens (tertiary/aromatic N) is 2. The lowest BCUT2D eigenvalue weighted by Gasteiger charge is -2.20. The second-order valence-electron chi connectivity index (χ2n) is 4.58. The van der Waals surface area contributed by atoms with Gasteiger partial charge in [-0.25, -0.2) is 8.42 Å². The van der Waals surface area contributed by atoms with Crippen LogP contribution in [0.5, 0.6) is 0 Å². The predicted molar refractivity (Wildman–Crippen MR) is 73.4 cm³/mol. The fourth-order valence-electron chi connectivity index (χ4n) is 2.19. The fraction of sp³-hybridized carbons (Fsp3) is 0.462. The lowest BCUT2D eigenvalue weighted by molar-refractivity contribution is 0.424. The van der Waals surface area contributed by atoms with Crippen molar-refractivity contribution in [1.29, 1.82) is 5.26 Å². The van der Waals surface area contributed by atoms with Crippen molar-refractivity contribution in [3.8, 4) is 6.07 Å². The average Bonchev–Trinajstić information content (AvgIpc) is 2.68. The highest BCUT2D eigenvalue weighted by molar-refractivity contribution is 7.89. The Morgan fingerprint density at radius 2 is 1.79 bits per heavy atom. The van der Waals surface area contributed by atoms with Gasteiger partial charge in [0.05, 0.1) is 16.7 Å². The van der Waals surface area contributed by atoms with E-state index < -0.39 is 10.0 Å². The molecule has 4 nitrogen and oxygen atoms in total. The summed E-state index contributed by atoms with van der Waals surface area (Å²) in [5.41, 5.74) is 0.304. The van der Waals surface area contributed by atoms with E-state index in [2.05, 4.69) is 0 Å². The SMILES string of the molecule is N#Cc1ccc(Cl)c(S(=O)(=O)N2CCCCCC2)c1. The van der Waals surface area contributed by atoms with E-state index in [-0.39, 0.29) is 9.92 Å². The van der Waals surface area contributed by atoms with Gasteiger partial charge >= 0.3 is 0 Å². The molecule has 0 saturated carbocycles. The van der Waals surface area contributed by atoms with E-state index in [0.717, 1.165) is 25.7 Å². The molecular formula is C13H15ClN2O2S. The summed E-state index contributed by atoms with van der Waals surface area (Å²) in [5.74, 6) is 0. The zero-order valence-electron chi connectivity index (χ0n) is 10.5. The number of sulfonamides is 1. The minimum absolute atomic E-state index is 0.0371. The van der Waals surface area contributed by atoms with Crippen molar-refractivity contribution in [2.75, 3.05) is 13.1 Å². The third-order valence-corrected chi connectivity index (χ3v) is 5.62. The van der Waals surface area contributed by atoms with Crippen molar-refractivity contribution in [1.82, 2.24) is 4.31 Å². The normalized spacial score (nSPS) is 17.7. The molecule has 1 fully saturated rings. The molecule has 1 aliphatic heterocycles. The smallest absolute Gasteiger partial charge is 0.207 e. The molecule has 0 N–H and O–H groups in total. The molecule has 1 aromatic rings. The second kappa shape index (κ2) is 5.91. The van der Waals surface area contributed by atoms with Crippen LogP contribution < -0.4 is 0 Å². The number of rotatable bonds is 2. The average molecular weight is 299 g/mol. The molecule has 1 aromatic carbocycles. The molecule has 1 aliphatic rings. The molecule has 0 aromatic heterocycles. The summed E-state index contributed by atoms with van der Waals surface area (Å²) in [7, 11) is -3.60. The largest absolute Gasteiger partial charge is 0.244 e. The van der Waals surface area contributed by atoms with Crippen molar-refractivity contribution in [3.05, 3.63) is 28.8 Å². The molecule has 0 aliphatic carbocycles. The number of benzene rings is 1. The van der Waals surface area contributed by atoms with Gasteiger partial charge in [-0.05, 0) is 31.0 Å². The highest BCUT2D eigenvalue weighted by atomic mass is 35.5. The Morgan fingerprint density at radius 1 is 1.16 bits per heavy atom. The number of hydrogen-bond donors (Lipinski definition) is 0. The monoisotopic (exact) mass is 298 g/mol. The third-order valence-electron chi connectivity index (χ3n) is 3.24. The Balaban J connectivity index is 2.41. The van der Waals surface area contributed by atoms with Crippen LogP contribution in [0.2, 0.25) is 5.02 Å². The van der Waals surface area contributed by atoms with Crippen molar-refractivity contribution in [3.63, 3.8) is 0 Å². The first-order chi connectivity index (χ1) is 9.05. The van der Waals surface area contributed by atoms with Crippen LogP contribution in [0.3, 0.4) is 0 Å². The van der Waals surface area contributed by atoms with Gasteiger partial charge in [-0.2, -0.15) is 9.57 Å². The van der Waals surface area contributed by atoms with E-state index in [4.69, 9.17) is 16.9 Å². The van der Waals surface area contributed by atoms with Gasteiger partial charge in [0.25, 0.3) is 0 Å². The fourth-order valence-corrected chi connectivity index (χ4v) is 4.21. The zero-order chi connectivity index (χ0) is 13.9. The minimum Gasteiger partial charge on any atom is -0.207 e. The summed E-state index contributed by atoms with van der Waals surface area (Å²) in [4.78, 5) is 0.0371. The maximum Gasteiger partial charge on any atom is 0.244 e. The maximum absolute atomic E-state index is 12.6. The van der Waals surface area contributed by atoms with E-state index >= 15 is 0 Å². The number of halogens is 1. The van der Waals surface area contributed by atoms with Gasteiger partial charge in [-0.15, -0.1) is 0 Å². The van der Waals surface area contributed by atoms with Gasteiger partial charge in [-0.3, -0.25) is 0 Å². The van der Waals surface area contributed by atoms with Crippen LogP contribution in [0.1, 0.15) is 31.2 Å². The summed E-state index contributed by atoms with van der Waals surface area (Å²) < 4.78 is 26.6. The van der Waals surface area contributed by atoms with Gasteiger partial charge in [0, 0.05) is 13.1 Å². The summed E-state index contributed by atoms with van der Waals surface area (Å²) in [6, 6.07) is 6.27. The van der Waals surface area contributed by atoms with Crippen molar-refractivity contribution >= 4 is 21.6 Å². The van der Waals surface area contributed by atoms with E-state index in [1.807, 2.05) is 6.07 Å². The molecule has 2 rings (SSSR count). The van der Waals surface area contributed by atoms with Gasteiger partial charge in [-0.1, -0.05) is 24.4 Å². The van der Waals surface area contributed by atoms with Gasteiger partial charge in [0.15, 0.2) is 0 Å². The van der Waals surface area contributed by atoms with Gasteiger partial charge in [0.1, 0.15) is 4.90 Å². The first-order valence-electron chi connectivity index (χ1n) is 6.25. The lowest BCUT2D eigenvalue weighted by atomic mass is 10.2. The Hall–Kier alpha value is -1.09. The van der Waals surface area contributed by atoms with Gasteiger partial charge in [0.2, 0.25) is 10.0 Å². The minimum atomic E-state index is -3.60. The first kappa shape index (κ1) is 14.3. The van der Waals surface area contributed by atoms with Crippen LogP contribution >= 0.6 is 11.6 Å². The molecule has 0 unspecified atom stereocenters. The lowest BCUT2D eigenvalue weighted by Crippen LogP contribution is -2.32. The second-order valence-corrected chi connectivity index (χ2v) is 6.89. The molecular weight excluding hydrogens is 284 g/mol. The molecule has 0 atom stereocenters. The number of hydrogen-bond acceptors (Lipinski definition) is 3. The maximum atomic E-state index is 12.6. The molecule has 0 amide bonds. The van der Waals surface area contributed by atoms with Crippen LogP contribution in [0.4, 0.5) is 0 Å². The Morgan fingerprint density at radius 3 is 2.37 bits per heavy atom. The Kier molecular flexibility index (Phi) is 4.46. The van der Waals surface area contributed by atoms with Crippen molar-refractivity contribution < 1.29 is 8.42 Å². The highest BCUT2D eigenvalue weighted by Gasteiger charge is 2.27. The molecule has 0 spiro atoms. The van der Waals surface area contributed by atoms with Crippen LogP contribution in [-0.2, 0) is 10.0 Å². The van der Waals surface area contributed by atoms with Crippen LogP contribution in [0, 0.1) is 11.3 Å². The summed E-state index contributed by atoms with van der Waals surface area (Å²) in [6.07, 6.45) is 3.85. The topological polar surface area (TPSA) is 61.2 Å². The molecule has 0 radical (unpaired) electrons. The van der Waals surface area contributed by atoms with E-state index in [1.165, 1.54) is 22.5 Å². The Bertz CT molecular complexity index is 600. The van der Waals surface area contributed by atoms with Crippen LogP contribution in [0.25, 0.3) is 0 Å². The zero-order valence-corrected chi connectivity index (χ0v) is 12.0. The molecule has 6 heteroatoms. The third kappa shape index (κ3) is 3.08. The molecule has 1 saturated heterocycles. The van der Waals surface area contributed by atoms with E-state index in [0.29, 0.717) is 18.7 Å². The Labute approximate surface area is 118 Å². The first-order valence-corrected chi connectivity index (χ1v) is 8.07. The summed E-state index contributed by atoms with van der Waals surface area (Å²) in [6.45, 7) is 1.05. The van der Waals surface area contributed by atoms with Crippen molar-refractivity contribution in [2.24, 2.45) is 0 Å². The van der Waals surface area contributed by atoms with E-state index in [9.17, 15) is 8.42 Å². The standard InChI is InChI=1S/C13H15ClN2O2S/c14-12-6-5-11(10-15)9-13(12)19(17,18)16-7-3-1-2-4-8-16/h5-6,9H,1-4,7-8H2. The number of nitriles is 1. The predicted octanol–water partition coefficient (Wildman–Crippen LogP) is 2.78. The quantitative estimate of drug-likeness (QED) is 0.843.